The van der Waals surface area contributed by atoms with Crippen molar-refractivity contribution in [1.29, 1.82) is 0 Å². The first-order chi connectivity index (χ1) is 11.2. The van der Waals surface area contributed by atoms with E-state index in [-0.39, 0.29) is 5.82 Å². The van der Waals surface area contributed by atoms with Gasteiger partial charge in [-0.2, -0.15) is 0 Å². The first-order valence-electron chi connectivity index (χ1n) is 8.66. The molecule has 4 rings (SSSR count). The van der Waals surface area contributed by atoms with Crippen LogP contribution in [0.3, 0.4) is 0 Å². The quantitative estimate of drug-likeness (QED) is 0.718. The second-order valence-corrected chi connectivity index (χ2v) is 6.35. The third-order valence-corrected chi connectivity index (χ3v) is 5.23. The van der Waals surface area contributed by atoms with Crippen molar-refractivity contribution in [2.24, 2.45) is 0 Å². The van der Waals surface area contributed by atoms with E-state index in [0.29, 0.717) is 17.6 Å². The molecule has 1 aromatic carbocycles. The van der Waals surface area contributed by atoms with Gasteiger partial charge in [0.2, 0.25) is 0 Å². The van der Waals surface area contributed by atoms with E-state index in [9.17, 15) is 4.39 Å². The predicted molar refractivity (Wildman–Crippen MR) is 97.1 cm³/mol. The number of benzene rings is 1. The monoisotopic (exact) mass is 338 g/mol. The number of fused-ring (bicyclic) bond motifs is 3. The van der Waals surface area contributed by atoms with Gasteiger partial charge in [0, 0.05) is 5.56 Å². The number of aryl methyl sites for hydroxylation is 1. The summed E-state index contributed by atoms with van der Waals surface area (Å²) in [5.74, 6) is -0.172. The Balaban J connectivity index is 0.000000448. The summed E-state index contributed by atoms with van der Waals surface area (Å²) in [5, 5.41) is 1.03. The number of anilines is 1. The lowest BCUT2D eigenvalue weighted by atomic mass is 10.2. The average molecular weight is 338 g/mol. The molecule has 2 aromatic rings. The van der Waals surface area contributed by atoms with Crippen molar-refractivity contribution >= 4 is 26.7 Å². The third-order valence-electron chi connectivity index (χ3n) is 4.20. The van der Waals surface area contributed by atoms with Gasteiger partial charge in [-0.25, -0.2) is 9.37 Å². The van der Waals surface area contributed by atoms with Crippen molar-refractivity contribution < 1.29 is 9.13 Å². The molecule has 2 saturated heterocycles. The molecule has 3 nitrogen and oxygen atoms in total. The summed E-state index contributed by atoms with van der Waals surface area (Å²) in [6, 6.07) is 4.27. The van der Waals surface area contributed by atoms with E-state index in [1.807, 2.05) is 33.8 Å². The lowest BCUT2D eigenvalue weighted by Gasteiger charge is -2.34. The maximum atomic E-state index is 13.6. The molecule has 0 amide bonds. The minimum Gasteiger partial charge on any atom is -0.377 e. The molecule has 23 heavy (non-hydrogen) atoms. The van der Waals surface area contributed by atoms with Crippen LogP contribution in [0.25, 0.3) is 10.2 Å². The van der Waals surface area contributed by atoms with E-state index >= 15 is 0 Å². The van der Waals surface area contributed by atoms with Gasteiger partial charge in [0.05, 0.1) is 35.5 Å². The van der Waals surface area contributed by atoms with Gasteiger partial charge in [0.25, 0.3) is 0 Å². The molecule has 128 valence electrons. The van der Waals surface area contributed by atoms with Crippen LogP contribution in [0.2, 0.25) is 0 Å². The summed E-state index contributed by atoms with van der Waals surface area (Å²) >= 11 is 1.67. The Morgan fingerprint density at radius 1 is 1.13 bits per heavy atom. The largest absolute Gasteiger partial charge is 0.377 e. The molecule has 2 unspecified atom stereocenters. The molecule has 1 aromatic heterocycles. The number of aromatic nitrogens is 1. The molecule has 0 N–H and O–H groups in total. The van der Waals surface area contributed by atoms with Crippen LogP contribution in [-0.4, -0.2) is 30.3 Å². The minimum absolute atomic E-state index is 0.172. The summed E-state index contributed by atoms with van der Waals surface area (Å²) in [6.45, 7) is 11.4. The molecule has 0 spiro atoms. The van der Waals surface area contributed by atoms with Gasteiger partial charge in [-0.05, 0) is 31.9 Å². The highest BCUT2D eigenvalue weighted by Crippen LogP contribution is 2.39. The lowest BCUT2D eigenvalue weighted by Crippen LogP contribution is -2.45. The summed E-state index contributed by atoms with van der Waals surface area (Å²) in [6.07, 6.45) is 2.35. The van der Waals surface area contributed by atoms with Crippen LogP contribution in [0, 0.1) is 12.7 Å². The summed E-state index contributed by atoms with van der Waals surface area (Å²) in [5.41, 5.74) is 1.46. The molecule has 2 fully saturated rings. The minimum atomic E-state index is -0.172. The number of thiazole rings is 1. The average Bonchev–Trinajstić information content (AvgIpc) is 3.13. The highest BCUT2D eigenvalue weighted by atomic mass is 32.1. The first kappa shape index (κ1) is 18.1. The second-order valence-electron chi connectivity index (χ2n) is 5.35. The van der Waals surface area contributed by atoms with Crippen molar-refractivity contribution in [3.05, 3.63) is 23.5 Å². The Hall–Kier alpha value is -1.20. The standard InChI is InChI=1S/C14H15FN2OS.2C2H6/c1-8-11(15)4-5-12-13(8)16-14(19-12)17-9-2-3-10(17)7-18-6-9;2*1-2/h4-5,9-10H,2-3,6-7H2,1H3;2*1-2H3. The maximum Gasteiger partial charge on any atom is 0.187 e. The first-order valence-corrected chi connectivity index (χ1v) is 9.47. The zero-order valence-electron chi connectivity index (χ0n) is 14.7. The number of rotatable bonds is 1. The summed E-state index contributed by atoms with van der Waals surface area (Å²) in [7, 11) is 0. The molecule has 5 heteroatoms. The van der Waals surface area contributed by atoms with Crippen molar-refractivity contribution in [1.82, 2.24) is 4.98 Å². The fourth-order valence-corrected chi connectivity index (χ4v) is 4.31. The van der Waals surface area contributed by atoms with Crippen molar-refractivity contribution in [3.8, 4) is 0 Å². The summed E-state index contributed by atoms with van der Waals surface area (Å²) in [4.78, 5) is 7.08. The number of hydrogen-bond acceptors (Lipinski definition) is 4. The predicted octanol–water partition coefficient (Wildman–Crippen LogP) is 5.16. The van der Waals surface area contributed by atoms with Crippen LogP contribution in [0.15, 0.2) is 12.1 Å². The van der Waals surface area contributed by atoms with Gasteiger partial charge in [-0.3, -0.25) is 0 Å². The van der Waals surface area contributed by atoms with Crippen molar-refractivity contribution in [3.63, 3.8) is 0 Å². The smallest absolute Gasteiger partial charge is 0.187 e. The molecular formula is C18H27FN2OS. The van der Waals surface area contributed by atoms with Crippen LogP contribution in [0.4, 0.5) is 9.52 Å². The number of ether oxygens (including phenoxy) is 1. The van der Waals surface area contributed by atoms with E-state index < -0.39 is 0 Å². The molecular weight excluding hydrogens is 311 g/mol. The highest BCUT2D eigenvalue weighted by molar-refractivity contribution is 7.22. The molecule has 0 radical (unpaired) electrons. The van der Waals surface area contributed by atoms with Gasteiger partial charge in [-0.1, -0.05) is 39.0 Å². The van der Waals surface area contributed by atoms with Gasteiger partial charge < -0.3 is 9.64 Å². The van der Waals surface area contributed by atoms with Gasteiger partial charge >= 0.3 is 0 Å². The Bertz CT molecular complexity index is 627. The van der Waals surface area contributed by atoms with Gasteiger partial charge in [-0.15, -0.1) is 0 Å². The zero-order chi connectivity index (χ0) is 17.0. The Morgan fingerprint density at radius 2 is 1.74 bits per heavy atom. The van der Waals surface area contributed by atoms with Gasteiger partial charge in [0.1, 0.15) is 5.82 Å². The maximum absolute atomic E-state index is 13.6. The normalized spacial score (nSPS) is 22.3. The zero-order valence-corrected chi connectivity index (χ0v) is 15.5. The fraction of sp³-hybridized carbons (Fsp3) is 0.611. The number of halogens is 1. The van der Waals surface area contributed by atoms with Gasteiger partial charge in [0.15, 0.2) is 5.13 Å². The van der Waals surface area contributed by atoms with E-state index in [1.165, 1.54) is 18.9 Å². The topological polar surface area (TPSA) is 25.4 Å². The molecule has 2 bridgehead atoms. The van der Waals surface area contributed by atoms with Crippen LogP contribution in [-0.2, 0) is 4.74 Å². The van der Waals surface area contributed by atoms with Crippen LogP contribution in [0.5, 0.6) is 0 Å². The molecule has 2 aliphatic heterocycles. The molecule has 2 aliphatic rings. The molecule has 2 atom stereocenters. The Morgan fingerprint density at radius 3 is 2.35 bits per heavy atom. The molecule has 0 saturated carbocycles. The Labute approximate surface area is 142 Å². The third kappa shape index (κ3) is 3.36. The summed E-state index contributed by atoms with van der Waals surface area (Å²) < 4.78 is 20.3. The SMILES string of the molecule is CC.CC.Cc1c(F)ccc2sc(N3C4CCC3COC4)nc12. The lowest BCUT2D eigenvalue weighted by molar-refractivity contribution is 0.0906. The second kappa shape index (κ2) is 8.06. The van der Waals surface area contributed by atoms with Crippen LogP contribution >= 0.6 is 11.3 Å². The van der Waals surface area contributed by atoms with E-state index in [0.717, 1.165) is 28.6 Å². The number of morpholine rings is 1. The highest BCUT2D eigenvalue weighted by Gasteiger charge is 2.39. The molecule has 0 aliphatic carbocycles. The fourth-order valence-electron chi connectivity index (χ4n) is 3.14. The Kier molecular flexibility index (Phi) is 6.36. The molecule has 3 heterocycles. The van der Waals surface area contributed by atoms with Crippen LogP contribution < -0.4 is 4.90 Å². The number of hydrogen-bond donors (Lipinski definition) is 0. The van der Waals surface area contributed by atoms with E-state index in [4.69, 9.17) is 4.74 Å². The van der Waals surface area contributed by atoms with E-state index in [2.05, 4.69) is 9.88 Å². The van der Waals surface area contributed by atoms with E-state index in [1.54, 1.807) is 18.3 Å². The van der Waals surface area contributed by atoms with Crippen LogP contribution in [0.1, 0.15) is 46.1 Å². The van der Waals surface area contributed by atoms with Crippen molar-refractivity contribution in [2.45, 2.75) is 59.5 Å². The van der Waals surface area contributed by atoms with Crippen molar-refractivity contribution in [2.75, 3.05) is 18.1 Å². The number of nitrogens with zero attached hydrogens (tertiary/aromatic N) is 2.